The lowest BCUT2D eigenvalue weighted by Gasteiger charge is -2.32. The minimum absolute atomic E-state index is 0.0537. The minimum atomic E-state index is -1.32. The van der Waals surface area contributed by atoms with Crippen LogP contribution in [-0.4, -0.2) is 48.6 Å². The molecular formula is C34H32BNO8. The number of carboxylic acid groups (broad SMARTS) is 1. The number of hydrogen-bond donors (Lipinski definition) is 2. The smallest absolute Gasteiger partial charge is 0.475 e. The van der Waals surface area contributed by atoms with Gasteiger partial charge in [0, 0.05) is 18.5 Å². The Morgan fingerprint density at radius 3 is 2.16 bits per heavy atom. The molecule has 2 heterocycles. The first-order valence-corrected chi connectivity index (χ1v) is 14.4. The fourth-order valence-corrected chi connectivity index (χ4v) is 5.60. The molecule has 1 fully saturated rings. The highest BCUT2D eigenvalue weighted by Gasteiger charge is 2.52. The van der Waals surface area contributed by atoms with Crippen LogP contribution >= 0.6 is 0 Å². The van der Waals surface area contributed by atoms with Crippen LogP contribution in [0.15, 0.2) is 87.5 Å². The summed E-state index contributed by atoms with van der Waals surface area (Å²) in [5.41, 5.74) is 4.17. The van der Waals surface area contributed by atoms with Gasteiger partial charge in [-0.15, -0.1) is 0 Å². The molecule has 1 aromatic heterocycles. The lowest BCUT2D eigenvalue weighted by atomic mass is 9.77. The molecule has 4 aromatic rings. The molecule has 0 radical (unpaired) electrons. The first kappa shape index (κ1) is 29.4. The zero-order valence-corrected chi connectivity index (χ0v) is 24.9. The molecule has 1 saturated heterocycles. The largest absolute Gasteiger partial charge is 0.492 e. The van der Waals surface area contributed by atoms with E-state index < -0.39 is 41.6 Å². The standard InChI is InChI=1S/C34H32BNO8/c1-33(2)34(3,4)44-35(43-33)21(15-20-13-14-29-26(16-20)28(37)17-30(42-29)31(38)39)18-36-32(40)41-19-27-24-11-7-5-9-22(24)23-10-6-8-12-25(23)27/h5-17,27H,18-19H2,1-4H3,(H,36,40)(H,38,39). The second kappa shape index (κ2) is 11.1. The summed E-state index contributed by atoms with van der Waals surface area (Å²) in [5, 5.41) is 12.3. The molecular weight excluding hydrogens is 561 g/mol. The Balaban J connectivity index is 1.23. The van der Waals surface area contributed by atoms with Gasteiger partial charge in [0.2, 0.25) is 5.76 Å². The van der Waals surface area contributed by atoms with Gasteiger partial charge in [-0.1, -0.05) is 60.7 Å². The van der Waals surface area contributed by atoms with Crippen molar-refractivity contribution in [2.24, 2.45) is 0 Å². The molecule has 0 bridgehead atoms. The zero-order chi connectivity index (χ0) is 31.2. The van der Waals surface area contributed by atoms with Crippen LogP contribution in [0.3, 0.4) is 0 Å². The first-order chi connectivity index (χ1) is 20.9. The molecule has 0 atom stereocenters. The van der Waals surface area contributed by atoms with Gasteiger partial charge in [0.25, 0.3) is 0 Å². The summed E-state index contributed by atoms with van der Waals surface area (Å²) in [7, 11) is -0.782. The number of carboxylic acids is 1. The summed E-state index contributed by atoms with van der Waals surface area (Å²) in [6, 6.07) is 22.1. The van der Waals surface area contributed by atoms with Crippen molar-refractivity contribution in [3.05, 3.63) is 111 Å². The number of hydrogen-bond acceptors (Lipinski definition) is 7. The van der Waals surface area contributed by atoms with Crippen LogP contribution in [0.5, 0.6) is 0 Å². The highest BCUT2D eigenvalue weighted by Crippen LogP contribution is 2.44. The highest BCUT2D eigenvalue weighted by atomic mass is 16.7. The van der Waals surface area contributed by atoms with E-state index in [1.165, 1.54) is 6.07 Å². The number of fused-ring (bicyclic) bond motifs is 4. The molecule has 3 aromatic carbocycles. The number of amides is 1. The Hall–Kier alpha value is -4.67. The van der Waals surface area contributed by atoms with Gasteiger partial charge >= 0.3 is 19.2 Å². The number of carbonyl (C=O) groups is 2. The van der Waals surface area contributed by atoms with E-state index >= 15 is 0 Å². The van der Waals surface area contributed by atoms with E-state index in [9.17, 15) is 19.5 Å². The van der Waals surface area contributed by atoms with E-state index in [1.807, 2.05) is 52.0 Å². The molecule has 0 saturated carbocycles. The number of ether oxygens (including phenoxy) is 1. The number of aromatic carboxylic acids is 1. The molecule has 1 aliphatic heterocycles. The second-order valence-electron chi connectivity index (χ2n) is 12.0. The van der Waals surface area contributed by atoms with Crippen molar-refractivity contribution in [3.63, 3.8) is 0 Å². The third-order valence-corrected chi connectivity index (χ3v) is 8.65. The summed E-state index contributed by atoms with van der Waals surface area (Å²) in [5.74, 6) is -1.83. The Labute approximate surface area is 254 Å². The minimum Gasteiger partial charge on any atom is -0.475 e. The third kappa shape index (κ3) is 5.42. The van der Waals surface area contributed by atoms with Crippen molar-refractivity contribution in [2.75, 3.05) is 13.2 Å². The van der Waals surface area contributed by atoms with Gasteiger partial charge in [0.1, 0.15) is 12.2 Å². The normalized spacial score (nSPS) is 16.9. The Bertz CT molecular complexity index is 1810. The lowest BCUT2D eigenvalue weighted by molar-refractivity contribution is 0.00578. The first-order valence-electron chi connectivity index (χ1n) is 14.4. The Morgan fingerprint density at radius 2 is 1.55 bits per heavy atom. The topological polar surface area (TPSA) is 124 Å². The average Bonchev–Trinajstić information content (AvgIpc) is 3.42. The Kier molecular flexibility index (Phi) is 7.43. The van der Waals surface area contributed by atoms with Crippen LogP contribution < -0.4 is 10.7 Å². The lowest BCUT2D eigenvalue weighted by Crippen LogP contribution is -2.41. The molecule has 44 heavy (non-hydrogen) atoms. The van der Waals surface area contributed by atoms with Crippen molar-refractivity contribution < 1.29 is 33.2 Å². The van der Waals surface area contributed by atoms with Crippen LogP contribution in [0.2, 0.25) is 0 Å². The summed E-state index contributed by atoms with van der Waals surface area (Å²) in [4.78, 5) is 37.0. The molecule has 2 aliphatic rings. The van der Waals surface area contributed by atoms with Crippen LogP contribution in [0.25, 0.3) is 28.2 Å². The van der Waals surface area contributed by atoms with Crippen molar-refractivity contribution in [2.45, 2.75) is 44.8 Å². The van der Waals surface area contributed by atoms with Crippen LogP contribution in [0.1, 0.15) is 60.9 Å². The molecule has 9 nitrogen and oxygen atoms in total. The quantitative estimate of drug-likeness (QED) is 0.249. The van der Waals surface area contributed by atoms with Gasteiger partial charge < -0.3 is 28.9 Å². The summed E-state index contributed by atoms with van der Waals surface area (Å²) >= 11 is 0. The molecule has 10 heteroatoms. The number of nitrogens with one attached hydrogen (secondary N) is 1. The SMILES string of the molecule is CC1(C)OB(C(=Cc2ccc3oc(C(=O)O)cc(=O)c3c2)CNC(=O)OCC2c3ccccc3-c3ccccc32)OC1(C)C. The fraction of sp³-hybridized carbons (Fsp3) is 0.265. The van der Waals surface area contributed by atoms with E-state index in [-0.39, 0.29) is 30.0 Å². The summed E-state index contributed by atoms with van der Waals surface area (Å²) in [6.45, 7) is 7.97. The molecule has 1 aliphatic carbocycles. The summed E-state index contributed by atoms with van der Waals surface area (Å²) < 4.78 is 23.6. The highest BCUT2D eigenvalue weighted by molar-refractivity contribution is 6.56. The number of carbonyl (C=O) groups excluding carboxylic acids is 1. The van der Waals surface area contributed by atoms with Gasteiger partial charge in [-0.3, -0.25) is 4.79 Å². The van der Waals surface area contributed by atoms with Gasteiger partial charge in [-0.05, 0) is 73.1 Å². The Morgan fingerprint density at radius 1 is 0.932 bits per heavy atom. The van der Waals surface area contributed by atoms with Gasteiger partial charge in [-0.2, -0.15) is 0 Å². The van der Waals surface area contributed by atoms with Crippen molar-refractivity contribution >= 4 is 36.2 Å². The number of rotatable bonds is 7. The summed E-state index contributed by atoms with van der Waals surface area (Å²) in [6.07, 6.45) is 1.19. The predicted molar refractivity (Wildman–Crippen MR) is 167 cm³/mol. The van der Waals surface area contributed by atoms with Crippen LogP contribution in [0, 0.1) is 0 Å². The molecule has 0 spiro atoms. The predicted octanol–water partition coefficient (Wildman–Crippen LogP) is 6.04. The maximum absolute atomic E-state index is 13.0. The van der Waals surface area contributed by atoms with Crippen LogP contribution in [0.4, 0.5) is 4.79 Å². The monoisotopic (exact) mass is 593 g/mol. The fourth-order valence-electron chi connectivity index (χ4n) is 5.60. The van der Waals surface area contributed by atoms with Crippen molar-refractivity contribution in [1.82, 2.24) is 5.32 Å². The van der Waals surface area contributed by atoms with E-state index in [2.05, 4.69) is 29.6 Å². The second-order valence-corrected chi connectivity index (χ2v) is 12.0. The van der Waals surface area contributed by atoms with E-state index in [0.29, 0.717) is 11.0 Å². The number of alkyl carbamates (subject to hydrolysis) is 1. The van der Waals surface area contributed by atoms with Gasteiger partial charge in [0.15, 0.2) is 5.43 Å². The maximum Gasteiger partial charge on any atom is 0.492 e. The van der Waals surface area contributed by atoms with Crippen molar-refractivity contribution in [3.8, 4) is 11.1 Å². The molecule has 1 amide bonds. The number of benzene rings is 3. The van der Waals surface area contributed by atoms with E-state index in [1.54, 1.807) is 18.2 Å². The molecule has 224 valence electrons. The third-order valence-electron chi connectivity index (χ3n) is 8.65. The average molecular weight is 593 g/mol. The van der Waals surface area contributed by atoms with Gasteiger partial charge in [-0.25, -0.2) is 9.59 Å². The molecule has 6 rings (SSSR count). The molecule has 2 N–H and O–H groups in total. The zero-order valence-electron chi connectivity index (χ0n) is 24.9. The van der Waals surface area contributed by atoms with E-state index in [4.69, 9.17) is 18.5 Å². The molecule has 0 unspecified atom stereocenters. The van der Waals surface area contributed by atoms with Gasteiger partial charge in [0.05, 0.1) is 16.6 Å². The maximum atomic E-state index is 13.0. The van der Waals surface area contributed by atoms with Crippen molar-refractivity contribution in [1.29, 1.82) is 0 Å². The van der Waals surface area contributed by atoms with Crippen LogP contribution in [-0.2, 0) is 14.0 Å². The van der Waals surface area contributed by atoms with E-state index in [0.717, 1.165) is 28.3 Å².